The van der Waals surface area contributed by atoms with Gasteiger partial charge in [-0.2, -0.15) is 13.2 Å². The zero-order chi connectivity index (χ0) is 32.3. The van der Waals surface area contributed by atoms with Crippen molar-refractivity contribution >= 4 is 69.5 Å². The van der Waals surface area contributed by atoms with Crippen molar-refractivity contribution in [3.8, 4) is 11.5 Å². The van der Waals surface area contributed by atoms with Gasteiger partial charge in [0.1, 0.15) is 17.3 Å². The second-order valence-corrected chi connectivity index (χ2v) is 10.7. The molecule has 12 nitrogen and oxygen atoms in total. The van der Waals surface area contributed by atoms with Crippen LogP contribution in [-0.4, -0.2) is 69.3 Å². The molecule has 2 amide bonds. The Morgan fingerprint density at radius 2 is 1.70 bits per heavy atom. The number of phenolic OH excluding ortho intramolecular Hbond substituents is 2. The van der Waals surface area contributed by atoms with Gasteiger partial charge in [-0.1, -0.05) is 18.0 Å². The van der Waals surface area contributed by atoms with Gasteiger partial charge < -0.3 is 36.4 Å². The number of carbonyl (C=O) groups excluding carboxylic acids is 2. The molecule has 1 atom stereocenters. The minimum atomic E-state index is -5.08. The number of amidine groups is 1. The van der Waals surface area contributed by atoms with Crippen LogP contribution in [0.4, 0.5) is 18.9 Å². The van der Waals surface area contributed by atoms with Crippen molar-refractivity contribution < 1.29 is 52.8 Å². The van der Waals surface area contributed by atoms with Gasteiger partial charge in [-0.05, 0) is 59.7 Å². The summed E-state index contributed by atoms with van der Waals surface area (Å²) < 4.78 is 32.1. The van der Waals surface area contributed by atoms with Crippen molar-refractivity contribution in [1.82, 2.24) is 10.6 Å². The maximum Gasteiger partial charge on any atom is 0.490 e. The van der Waals surface area contributed by atoms with Crippen LogP contribution in [0.15, 0.2) is 35.3 Å². The number of hydrogen-bond donors (Lipinski definition) is 7. The second-order valence-electron chi connectivity index (χ2n) is 9.06. The summed E-state index contributed by atoms with van der Waals surface area (Å²) in [6.07, 6.45) is -1.70. The molecule has 1 aliphatic rings. The van der Waals surface area contributed by atoms with Gasteiger partial charge in [-0.3, -0.25) is 19.4 Å². The fourth-order valence-electron chi connectivity index (χ4n) is 3.73. The molecule has 17 heteroatoms. The number of hydrogen-bond acceptors (Lipinski definition) is 8. The second kappa shape index (κ2) is 16.2. The lowest BCUT2D eigenvalue weighted by Gasteiger charge is -2.20. The van der Waals surface area contributed by atoms with Gasteiger partial charge in [0.2, 0.25) is 5.91 Å². The minimum Gasteiger partial charge on any atom is -0.508 e. The molecular weight excluding hydrogens is 716 g/mol. The van der Waals surface area contributed by atoms with Crippen LogP contribution in [0.1, 0.15) is 54.1 Å². The summed E-state index contributed by atoms with van der Waals surface area (Å²) in [5, 5.41) is 45.2. The van der Waals surface area contributed by atoms with Crippen molar-refractivity contribution in [1.29, 1.82) is 0 Å². The first-order valence-electron chi connectivity index (χ1n) is 12.5. The summed E-state index contributed by atoms with van der Waals surface area (Å²) in [7, 11) is 0. The fourth-order valence-corrected chi connectivity index (χ4v) is 4.79. The number of halogens is 5. The highest BCUT2D eigenvalue weighted by molar-refractivity contribution is 14.1. The Labute approximate surface area is 261 Å². The lowest BCUT2D eigenvalue weighted by Crippen LogP contribution is -2.39. The predicted molar refractivity (Wildman–Crippen MR) is 157 cm³/mol. The summed E-state index contributed by atoms with van der Waals surface area (Å²) in [6, 6.07) is 6.10. The smallest absolute Gasteiger partial charge is 0.490 e. The van der Waals surface area contributed by atoms with Gasteiger partial charge >= 0.3 is 18.1 Å². The molecule has 1 aliphatic heterocycles. The Balaban J connectivity index is 0.000000821. The van der Waals surface area contributed by atoms with Crippen LogP contribution in [0.3, 0.4) is 0 Å². The fraction of sp³-hybridized carbons (Fsp3) is 0.346. The van der Waals surface area contributed by atoms with Gasteiger partial charge in [0.15, 0.2) is 0 Å². The maximum atomic E-state index is 12.7. The van der Waals surface area contributed by atoms with E-state index in [2.05, 4.69) is 20.9 Å². The summed E-state index contributed by atoms with van der Waals surface area (Å²) >= 11 is 7.89. The minimum absolute atomic E-state index is 0.128. The highest BCUT2D eigenvalue weighted by Gasteiger charge is 2.38. The molecule has 234 valence electrons. The molecule has 0 saturated carbocycles. The number of phenols is 2. The molecule has 3 rings (SSSR count). The monoisotopic (exact) mass is 742 g/mol. The van der Waals surface area contributed by atoms with Crippen molar-refractivity contribution in [3.63, 3.8) is 0 Å². The molecule has 0 unspecified atom stereocenters. The summed E-state index contributed by atoms with van der Waals surface area (Å²) in [6.45, 7) is 0.261. The van der Waals surface area contributed by atoms with E-state index in [9.17, 15) is 42.9 Å². The Morgan fingerprint density at radius 3 is 2.33 bits per heavy atom. The van der Waals surface area contributed by atoms with Crippen LogP contribution in [0, 0.1) is 3.57 Å². The molecule has 7 N–H and O–H groups in total. The van der Waals surface area contributed by atoms with Gasteiger partial charge in [-0.25, -0.2) is 4.79 Å². The highest BCUT2D eigenvalue weighted by Crippen LogP contribution is 2.34. The summed E-state index contributed by atoms with van der Waals surface area (Å²) in [5.74, 6) is -4.77. The number of amides is 2. The number of carbonyl (C=O) groups is 4. The van der Waals surface area contributed by atoms with E-state index in [1.807, 2.05) is 22.6 Å². The number of benzene rings is 2. The van der Waals surface area contributed by atoms with Crippen LogP contribution in [0.5, 0.6) is 11.5 Å². The average molecular weight is 743 g/mol. The number of rotatable bonds is 8. The first-order valence-corrected chi connectivity index (χ1v) is 13.9. The first-order chi connectivity index (χ1) is 20.1. The Hall–Kier alpha value is -3.80. The normalized spacial score (nSPS) is 13.7. The Bertz CT molecular complexity index is 1390. The third-order valence-electron chi connectivity index (χ3n) is 5.64. The number of carboxylic acid groups (broad SMARTS) is 2. The topological polar surface area (TPSA) is 198 Å². The quantitative estimate of drug-likeness (QED) is 0.191. The van der Waals surface area contributed by atoms with Crippen LogP contribution < -0.4 is 16.0 Å². The Morgan fingerprint density at radius 1 is 1.02 bits per heavy atom. The van der Waals surface area contributed by atoms with E-state index < -0.39 is 48.9 Å². The molecule has 0 aliphatic carbocycles. The Kier molecular flexibility index (Phi) is 13.3. The van der Waals surface area contributed by atoms with Crippen LogP contribution >= 0.6 is 34.2 Å². The number of aliphatic carboxylic acids is 2. The first kappa shape index (κ1) is 35.4. The van der Waals surface area contributed by atoms with Gasteiger partial charge in [0.25, 0.3) is 5.91 Å². The SMILES string of the molecule is O=C(O)C(F)(F)F.O=C(O)C[C@@H](NC(=O)CNC(=O)c1cc(O)cc(NC2=NCCCCC2)c1)c1cc(Cl)cc(I)c1O. The number of aromatic hydroxyl groups is 2. The molecule has 2 aromatic carbocycles. The highest BCUT2D eigenvalue weighted by atomic mass is 127. The largest absolute Gasteiger partial charge is 0.508 e. The van der Waals surface area contributed by atoms with E-state index in [4.69, 9.17) is 21.5 Å². The number of nitrogens with zero attached hydrogens (tertiary/aromatic N) is 1. The van der Waals surface area contributed by atoms with E-state index in [-0.39, 0.29) is 27.6 Å². The molecule has 0 spiro atoms. The average Bonchev–Trinajstić information content (AvgIpc) is 3.16. The molecule has 0 fully saturated rings. The molecule has 43 heavy (non-hydrogen) atoms. The number of carboxylic acids is 2. The van der Waals surface area contributed by atoms with Gasteiger partial charge in [-0.15, -0.1) is 0 Å². The van der Waals surface area contributed by atoms with E-state index in [0.29, 0.717) is 9.26 Å². The van der Waals surface area contributed by atoms with Crippen LogP contribution in [-0.2, 0) is 14.4 Å². The standard InChI is InChI=1S/C24H26ClIN4O6.C2HF3O2/c25-14-8-17(23(35)18(26)9-14)19(11-22(33)34)30-21(32)12-28-24(36)13-6-15(10-16(31)7-13)29-20-4-2-1-3-5-27-20;3-2(4,5)1(6)7/h6-10,19,31,35H,1-5,11-12H2,(H,27,29)(H,28,36)(H,30,32)(H,33,34);(H,6,7)/t19-;/m1./s1. The zero-order valence-electron chi connectivity index (χ0n) is 22.2. The summed E-state index contributed by atoms with van der Waals surface area (Å²) in [5.41, 5.74) is 0.778. The molecule has 2 aromatic rings. The van der Waals surface area contributed by atoms with Crippen molar-refractivity contribution in [2.24, 2.45) is 4.99 Å². The number of nitrogens with one attached hydrogen (secondary N) is 3. The lowest BCUT2D eigenvalue weighted by molar-refractivity contribution is -0.192. The number of anilines is 1. The zero-order valence-corrected chi connectivity index (χ0v) is 25.1. The van der Waals surface area contributed by atoms with Crippen molar-refractivity contribution in [2.45, 2.75) is 44.3 Å². The molecule has 1 heterocycles. The van der Waals surface area contributed by atoms with Crippen LogP contribution in [0.25, 0.3) is 0 Å². The lowest BCUT2D eigenvalue weighted by atomic mass is 10.0. The molecule has 0 saturated heterocycles. The van der Waals surface area contributed by atoms with Gasteiger partial charge in [0.05, 0.1) is 22.6 Å². The maximum absolute atomic E-state index is 12.7. The van der Waals surface area contributed by atoms with Gasteiger partial charge in [0, 0.05) is 40.9 Å². The summed E-state index contributed by atoms with van der Waals surface area (Å²) in [4.78, 5) is 49.9. The van der Waals surface area contributed by atoms with Crippen molar-refractivity contribution in [3.05, 3.63) is 50.1 Å². The van der Waals surface area contributed by atoms with Crippen molar-refractivity contribution in [2.75, 3.05) is 18.4 Å². The molecule has 0 bridgehead atoms. The van der Waals surface area contributed by atoms with E-state index in [1.165, 1.54) is 24.3 Å². The van der Waals surface area contributed by atoms with E-state index in [1.54, 1.807) is 6.07 Å². The van der Waals surface area contributed by atoms with E-state index in [0.717, 1.165) is 38.1 Å². The molecule has 0 aromatic heterocycles. The van der Waals surface area contributed by atoms with Crippen LogP contribution in [0.2, 0.25) is 5.02 Å². The third-order valence-corrected chi connectivity index (χ3v) is 6.68. The number of aliphatic imine (C=N–C) groups is 1. The molecular formula is C26H27ClF3IN4O8. The predicted octanol–water partition coefficient (Wildman–Crippen LogP) is 4.44. The molecule has 0 radical (unpaired) electrons. The van der Waals surface area contributed by atoms with E-state index >= 15 is 0 Å². The third kappa shape index (κ3) is 12.1. The number of alkyl halides is 3.